The van der Waals surface area contributed by atoms with Crippen LogP contribution in [0.25, 0.3) is 0 Å². The van der Waals surface area contributed by atoms with Crippen molar-refractivity contribution in [3.05, 3.63) is 78.2 Å². The van der Waals surface area contributed by atoms with Crippen LogP contribution in [-0.4, -0.2) is 30.0 Å². The highest BCUT2D eigenvalue weighted by Crippen LogP contribution is 2.19. The van der Waals surface area contributed by atoms with Crippen LogP contribution < -0.4 is 15.5 Å². The molecule has 6 heteroatoms. The lowest BCUT2D eigenvalue weighted by Crippen LogP contribution is -2.15. The topological polar surface area (TPSA) is 70.2 Å². The van der Waals surface area contributed by atoms with Crippen molar-refractivity contribution in [2.45, 2.75) is 13.0 Å². The second-order valence-corrected chi connectivity index (χ2v) is 6.46. The van der Waals surface area contributed by atoms with Crippen molar-refractivity contribution in [2.75, 3.05) is 29.6 Å². The number of nitrogens with one attached hydrogen (secondary N) is 2. The highest BCUT2D eigenvalue weighted by atomic mass is 16.1. The molecule has 0 aliphatic heterocycles. The molecule has 0 aliphatic rings. The summed E-state index contributed by atoms with van der Waals surface area (Å²) >= 11 is 0. The first-order valence-electron chi connectivity index (χ1n) is 8.75. The fourth-order valence-corrected chi connectivity index (χ4v) is 2.65. The molecule has 2 N–H and O–H groups in total. The van der Waals surface area contributed by atoms with Crippen molar-refractivity contribution < 1.29 is 4.79 Å². The monoisotopic (exact) mass is 361 g/mol. The van der Waals surface area contributed by atoms with E-state index < -0.39 is 0 Å². The third kappa shape index (κ3) is 4.82. The van der Waals surface area contributed by atoms with Crippen molar-refractivity contribution >= 4 is 23.1 Å². The van der Waals surface area contributed by atoms with Gasteiger partial charge in [-0.1, -0.05) is 30.3 Å². The summed E-state index contributed by atoms with van der Waals surface area (Å²) in [6.45, 7) is 2.05. The summed E-state index contributed by atoms with van der Waals surface area (Å²) in [4.78, 5) is 22.8. The summed E-state index contributed by atoms with van der Waals surface area (Å²) in [5.74, 6) is 0.333. The maximum atomic E-state index is 12.5. The molecule has 138 valence electrons. The van der Waals surface area contributed by atoms with E-state index in [9.17, 15) is 4.79 Å². The average molecular weight is 361 g/mol. The molecule has 1 atom stereocenters. The van der Waals surface area contributed by atoms with Crippen LogP contribution in [0.2, 0.25) is 0 Å². The summed E-state index contributed by atoms with van der Waals surface area (Å²) in [6, 6.07) is 19.4. The van der Waals surface area contributed by atoms with Gasteiger partial charge in [-0.15, -0.1) is 0 Å². The zero-order valence-corrected chi connectivity index (χ0v) is 15.7. The molecular weight excluding hydrogens is 338 g/mol. The summed E-state index contributed by atoms with van der Waals surface area (Å²) in [5.41, 5.74) is 3.24. The third-order valence-electron chi connectivity index (χ3n) is 4.21. The second-order valence-electron chi connectivity index (χ2n) is 6.46. The van der Waals surface area contributed by atoms with E-state index in [1.165, 1.54) is 6.33 Å². The first-order chi connectivity index (χ1) is 13.0. The van der Waals surface area contributed by atoms with Crippen LogP contribution in [0.15, 0.2) is 67.0 Å². The van der Waals surface area contributed by atoms with Gasteiger partial charge in [0.05, 0.1) is 0 Å². The summed E-state index contributed by atoms with van der Waals surface area (Å²) in [6.07, 6.45) is 1.39. The molecule has 3 rings (SSSR count). The molecule has 2 aromatic carbocycles. The van der Waals surface area contributed by atoms with E-state index in [2.05, 4.69) is 20.6 Å². The van der Waals surface area contributed by atoms with Crippen LogP contribution in [0, 0.1) is 0 Å². The number of nitrogens with zero attached hydrogens (tertiary/aromatic N) is 3. The lowest BCUT2D eigenvalue weighted by molar-refractivity contribution is 0.102. The maximum absolute atomic E-state index is 12.5. The molecule has 0 saturated heterocycles. The van der Waals surface area contributed by atoms with Gasteiger partial charge in [0.2, 0.25) is 0 Å². The highest BCUT2D eigenvalue weighted by Gasteiger charge is 2.11. The number of rotatable bonds is 6. The minimum absolute atomic E-state index is 0.0654. The lowest BCUT2D eigenvalue weighted by Gasteiger charge is -2.15. The Morgan fingerprint density at radius 1 is 1.00 bits per heavy atom. The van der Waals surface area contributed by atoms with Crippen LogP contribution in [0.5, 0.6) is 0 Å². The van der Waals surface area contributed by atoms with E-state index in [0.717, 1.165) is 16.9 Å². The molecular formula is C21H23N5O. The quantitative estimate of drug-likeness (QED) is 0.695. The van der Waals surface area contributed by atoms with E-state index in [1.807, 2.05) is 80.5 Å². The molecule has 0 radical (unpaired) electrons. The van der Waals surface area contributed by atoms with E-state index in [1.54, 1.807) is 6.07 Å². The van der Waals surface area contributed by atoms with Gasteiger partial charge in [0, 0.05) is 37.6 Å². The van der Waals surface area contributed by atoms with Gasteiger partial charge in [0.15, 0.2) is 0 Å². The van der Waals surface area contributed by atoms with Gasteiger partial charge in [0.1, 0.15) is 17.8 Å². The number of aromatic nitrogens is 2. The molecule has 0 spiro atoms. The summed E-state index contributed by atoms with van der Waals surface area (Å²) < 4.78 is 0. The number of hydrogen-bond acceptors (Lipinski definition) is 5. The van der Waals surface area contributed by atoms with Crippen molar-refractivity contribution in [3.8, 4) is 0 Å². The van der Waals surface area contributed by atoms with E-state index in [4.69, 9.17) is 0 Å². The van der Waals surface area contributed by atoms with Gasteiger partial charge >= 0.3 is 0 Å². The van der Waals surface area contributed by atoms with Gasteiger partial charge in [-0.3, -0.25) is 4.79 Å². The molecule has 0 saturated carbocycles. The van der Waals surface area contributed by atoms with Crippen LogP contribution in [0.3, 0.4) is 0 Å². The van der Waals surface area contributed by atoms with Crippen LogP contribution >= 0.6 is 0 Å². The Labute approximate surface area is 159 Å². The summed E-state index contributed by atoms with van der Waals surface area (Å²) in [5, 5.41) is 6.16. The second kappa shape index (κ2) is 8.31. The predicted molar refractivity (Wildman–Crippen MR) is 109 cm³/mol. The number of carbonyl (C=O) groups is 1. The fourth-order valence-electron chi connectivity index (χ4n) is 2.65. The smallest absolute Gasteiger partial charge is 0.274 e. The largest absolute Gasteiger partial charge is 0.378 e. The third-order valence-corrected chi connectivity index (χ3v) is 4.21. The van der Waals surface area contributed by atoms with Crippen molar-refractivity contribution in [1.82, 2.24) is 9.97 Å². The molecule has 27 heavy (non-hydrogen) atoms. The standard InChI is InChI=1S/C21H23N5O/c1-15(16-7-5-4-6-8-16)24-20-13-19(22-14-23-20)21(27)25-17-9-11-18(12-10-17)26(2)3/h4-15H,1-3H3,(H,25,27)(H,22,23,24). The normalized spacial score (nSPS) is 11.5. The number of benzene rings is 2. The number of amides is 1. The Morgan fingerprint density at radius 3 is 2.37 bits per heavy atom. The average Bonchev–Trinajstić information content (AvgIpc) is 2.69. The van der Waals surface area contributed by atoms with Gasteiger partial charge in [-0.25, -0.2) is 9.97 Å². The van der Waals surface area contributed by atoms with E-state index >= 15 is 0 Å². The van der Waals surface area contributed by atoms with Crippen LogP contribution in [0.4, 0.5) is 17.2 Å². The molecule has 0 aliphatic carbocycles. The molecule has 0 bridgehead atoms. The Bertz CT molecular complexity index is 894. The molecule has 0 fully saturated rings. The Hall–Kier alpha value is -3.41. The van der Waals surface area contributed by atoms with Gasteiger partial charge in [-0.05, 0) is 36.8 Å². The zero-order valence-electron chi connectivity index (χ0n) is 15.7. The van der Waals surface area contributed by atoms with E-state index in [-0.39, 0.29) is 11.9 Å². The number of hydrogen-bond donors (Lipinski definition) is 2. The van der Waals surface area contributed by atoms with Crippen LogP contribution in [-0.2, 0) is 0 Å². The van der Waals surface area contributed by atoms with Crippen molar-refractivity contribution in [3.63, 3.8) is 0 Å². The number of anilines is 3. The molecule has 6 nitrogen and oxygen atoms in total. The SMILES string of the molecule is CC(Nc1cc(C(=O)Nc2ccc(N(C)C)cc2)ncn1)c1ccccc1. The lowest BCUT2D eigenvalue weighted by atomic mass is 10.1. The maximum Gasteiger partial charge on any atom is 0.274 e. The Kier molecular flexibility index (Phi) is 5.66. The first-order valence-corrected chi connectivity index (χ1v) is 8.75. The van der Waals surface area contributed by atoms with E-state index in [0.29, 0.717) is 11.5 Å². The van der Waals surface area contributed by atoms with Crippen molar-refractivity contribution in [2.24, 2.45) is 0 Å². The Balaban J connectivity index is 1.68. The zero-order chi connectivity index (χ0) is 19.2. The van der Waals surface area contributed by atoms with Gasteiger partial charge in [0.25, 0.3) is 5.91 Å². The molecule has 1 amide bonds. The minimum atomic E-state index is -0.273. The molecule has 3 aromatic rings. The van der Waals surface area contributed by atoms with Crippen LogP contribution in [0.1, 0.15) is 29.0 Å². The molecule has 1 unspecified atom stereocenters. The Morgan fingerprint density at radius 2 is 1.70 bits per heavy atom. The molecule has 1 heterocycles. The summed E-state index contributed by atoms with van der Waals surface area (Å²) in [7, 11) is 3.94. The van der Waals surface area contributed by atoms with Gasteiger partial charge in [-0.2, -0.15) is 0 Å². The number of carbonyl (C=O) groups excluding carboxylic acids is 1. The minimum Gasteiger partial charge on any atom is -0.378 e. The van der Waals surface area contributed by atoms with Crippen molar-refractivity contribution in [1.29, 1.82) is 0 Å². The molecule has 1 aromatic heterocycles. The van der Waals surface area contributed by atoms with Gasteiger partial charge < -0.3 is 15.5 Å². The fraction of sp³-hybridized carbons (Fsp3) is 0.190. The highest BCUT2D eigenvalue weighted by molar-refractivity contribution is 6.03. The predicted octanol–water partition coefficient (Wildman–Crippen LogP) is 3.97. The first kappa shape index (κ1) is 18.4.